The number of carboxylic acids is 1. The van der Waals surface area contributed by atoms with E-state index >= 15 is 0 Å². The number of carbonyl (C=O) groups is 7. The average Bonchev–Trinajstić information content (AvgIpc) is 3.84. The van der Waals surface area contributed by atoms with Crippen molar-refractivity contribution in [1.29, 1.82) is 0 Å². The van der Waals surface area contributed by atoms with Gasteiger partial charge in [-0.2, -0.15) is 0 Å². The van der Waals surface area contributed by atoms with E-state index in [1.54, 1.807) is 6.20 Å². The van der Waals surface area contributed by atoms with Crippen molar-refractivity contribution in [3.05, 3.63) is 36.0 Å². The highest BCUT2D eigenvalue weighted by atomic mass is 16.6. The van der Waals surface area contributed by atoms with Crippen LogP contribution in [0.4, 0.5) is 4.79 Å². The second-order valence-electron chi connectivity index (χ2n) is 11.9. The maximum atomic E-state index is 13.9. The highest BCUT2D eigenvalue weighted by molar-refractivity contribution is 5.96. The largest absolute Gasteiger partial charge is 0.481 e. The van der Waals surface area contributed by atoms with Crippen molar-refractivity contribution in [3.8, 4) is 0 Å². The molecule has 48 heavy (non-hydrogen) atoms. The lowest BCUT2D eigenvalue weighted by molar-refractivity contribution is -0.146. The Labute approximate surface area is 275 Å². The number of rotatable bonds is 17. The number of hydrogen-bond donors (Lipinski definition) is 8. The minimum absolute atomic E-state index is 0.0235. The van der Waals surface area contributed by atoms with Gasteiger partial charge in [0.2, 0.25) is 23.6 Å². The van der Waals surface area contributed by atoms with Crippen LogP contribution in [0.1, 0.15) is 50.5 Å². The number of ether oxygens (including phenoxy) is 1. The normalized spacial score (nSPS) is 19.0. The molecule has 17 nitrogen and oxygen atoms in total. The van der Waals surface area contributed by atoms with Gasteiger partial charge in [-0.1, -0.05) is 18.2 Å². The number of epoxide rings is 1. The average molecular weight is 671 g/mol. The van der Waals surface area contributed by atoms with Crippen LogP contribution >= 0.6 is 0 Å². The molecule has 10 N–H and O–H groups in total. The number of carbonyl (C=O) groups excluding carboxylic acids is 6. The Hall–Kier alpha value is -5.19. The Morgan fingerprint density at radius 3 is 2.38 bits per heavy atom. The van der Waals surface area contributed by atoms with Crippen molar-refractivity contribution in [2.24, 2.45) is 11.5 Å². The van der Waals surface area contributed by atoms with E-state index in [9.17, 15) is 38.7 Å². The molecule has 3 heterocycles. The molecule has 2 fully saturated rings. The number of H-pyrrole nitrogens is 1. The highest BCUT2D eigenvalue weighted by Gasteiger charge is 2.40. The molecule has 2 saturated heterocycles. The molecule has 0 spiro atoms. The maximum Gasteiger partial charge on any atom is 0.312 e. The minimum Gasteiger partial charge on any atom is -0.481 e. The summed E-state index contributed by atoms with van der Waals surface area (Å²) in [5, 5.41) is 20.4. The molecular formula is C31H42N8O9. The van der Waals surface area contributed by atoms with E-state index in [-0.39, 0.29) is 58.2 Å². The van der Waals surface area contributed by atoms with Gasteiger partial charge in [0.05, 0.1) is 6.61 Å². The summed E-state index contributed by atoms with van der Waals surface area (Å²) in [5.74, 6) is -4.43. The number of para-hydroxylation sites is 1. The number of hydrogen-bond acceptors (Lipinski definition) is 8. The van der Waals surface area contributed by atoms with Crippen molar-refractivity contribution in [3.63, 3.8) is 0 Å². The minimum atomic E-state index is -1.20. The fourth-order valence-corrected chi connectivity index (χ4v) is 5.73. The second-order valence-corrected chi connectivity index (χ2v) is 11.9. The molecule has 1 aromatic carbocycles. The van der Waals surface area contributed by atoms with Crippen LogP contribution in [0.25, 0.3) is 10.9 Å². The van der Waals surface area contributed by atoms with Crippen molar-refractivity contribution < 1.29 is 43.4 Å². The predicted molar refractivity (Wildman–Crippen MR) is 170 cm³/mol. The van der Waals surface area contributed by atoms with Crippen LogP contribution in [-0.2, 0) is 39.9 Å². The van der Waals surface area contributed by atoms with E-state index in [1.165, 1.54) is 4.90 Å². The van der Waals surface area contributed by atoms with E-state index in [4.69, 9.17) is 16.2 Å². The zero-order valence-corrected chi connectivity index (χ0v) is 26.4. The number of aromatic amines is 1. The lowest BCUT2D eigenvalue weighted by atomic mass is 9.97. The Morgan fingerprint density at radius 1 is 0.958 bits per heavy atom. The highest BCUT2D eigenvalue weighted by Crippen LogP contribution is 2.22. The van der Waals surface area contributed by atoms with E-state index in [2.05, 4.69) is 26.3 Å². The van der Waals surface area contributed by atoms with Crippen molar-refractivity contribution in [2.45, 2.75) is 81.6 Å². The number of benzene rings is 1. The molecule has 0 radical (unpaired) electrons. The number of primary amides is 2. The maximum absolute atomic E-state index is 13.9. The van der Waals surface area contributed by atoms with Crippen LogP contribution in [0, 0.1) is 0 Å². The quantitative estimate of drug-likeness (QED) is 0.0736. The van der Waals surface area contributed by atoms with Gasteiger partial charge in [0.15, 0.2) is 6.10 Å². The molecule has 4 rings (SSSR count). The summed E-state index contributed by atoms with van der Waals surface area (Å²) >= 11 is 0. The number of nitrogens with one attached hydrogen (secondary N) is 5. The third-order valence-corrected chi connectivity index (χ3v) is 8.34. The Kier molecular flexibility index (Phi) is 12.3. The van der Waals surface area contributed by atoms with Crippen LogP contribution in [0.15, 0.2) is 30.5 Å². The molecule has 7 amide bonds. The summed E-state index contributed by atoms with van der Waals surface area (Å²) in [7, 11) is 0. The fraction of sp³-hybridized carbons (Fsp3) is 0.516. The molecule has 0 aliphatic carbocycles. The van der Waals surface area contributed by atoms with Crippen molar-refractivity contribution in [2.75, 3.05) is 19.7 Å². The number of likely N-dealkylation sites (tertiary alicyclic amines) is 1. The van der Waals surface area contributed by atoms with Crippen molar-refractivity contribution >= 4 is 52.4 Å². The van der Waals surface area contributed by atoms with E-state index in [1.807, 2.05) is 24.3 Å². The summed E-state index contributed by atoms with van der Waals surface area (Å²) in [5.41, 5.74) is 12.2. The molecule has 1 aromatic heterocycles. The topological polar surface area (TPSA) is 271 Å². The molecule has 2 aliphatic rings. The lowest BCUT2D eigenvalue weighted by Crippen LogP contribution is -2.60. The smallest absolute Gasteiger partial charge is 0.312 e. The number of carboxylic acid groups (broad SMARTS) is 1. The Morgan fingerprint density at radius 2 is 1.69 bits per heavy atom. The molecule has 2 aromatic rings. The molecular weight excluding hydrogens is 628 g/mol. The SMILES string of the molecule is NC(=O)NCCCC(NC(=O)C(Cc1c[nH]c2ccccc12)NC(=O)C1CCCCN1C(=O)[C@H](CCC(=O)O)NC(=O)C1CO1)C(N)=O. The number of piperidine rings is 1. The van der Waals surface area contributed by atoms with E-state index in [0.717, 1.165) is 10.9 Å². The number of amides is 7. The number of nitrogens with zero attached hydrogens (tertiary/aromatic N) is 1. The first-order chi connectivity index (χ1) is 22.9. The number of aromatic nitrogens is 1. The van der Waals surface area contributed by atoms with Gasteiger partial charge in [0, 0.05) is 43.0 Å². The standard InChI is InChI=1S/C31H42N8O9/c32-26(42)20(8-5-12-34-31(33)47)36-27(43)22(14-17-15-35-19-7-2-1-6-18(17)19)38-28(44)23-9-3-4-13-39(23)30(46)21(10-11-25(40)41)37-29(45)24-16-48-24/h1-2,6-7,15,20-24,35H,3-5,8-14,16H2,(H2,32,42)(H,36,43)(H,37,45)(H,38,44)(H,40,41)(H3,33,34,47)/t20?,21-,22?,23?,24?/m0/s1. The van der Waals surface area contributed by atoms with Gasteiger partial charge in [-0.05, 0) is 50.2 Å². The predicted octanol–water partition coefficient (Wildman–Crippen LogP) is -1.26. The van der Waals surface area contributed by atoms with Crippen LogP contribution in [0.2, 0.25) is 0 Å². The van der Waals surface area contributed by atoms with Crippen molar-refractivity contribution in [1.82, 2.24) is 31.2 Å². The lowest BCUT2D eigenvalue weighted by Gasteiger charge is -2.37. The van der Waals surface area contributed by atoms with Gasteiger partial charge >= 0.3 is 12.0 Å². The first kappa shape index (κ1) is 35.7. The van der Waals surface area contributed by atoms with Gasteiger partial charge < -0.3 is 52.5 Å². The number of aliphatic carboxylic acids is 1. The number of fused-ring (bicyclic) bond motifs is 1. The monoisotopic (exact) mass is 670 g/mol. The van der Waals surface area contributed by atoms with Gasteiger partial charge in [-0.3, -0.25) is 28.8 Å². The Balaban J connectivity index is 1.53. The number of nitrogens with two attached hydrogens (primary N) is 2. The van der Waals surface area contributed by atoms with E-state index < -0.39 is 71.8 Å². The van der Waals surface area contributed by atoms with Crippen LogP contribution in [0.5, 0.6) is 0 Å². The molecule has 0 saturated carbocycles. The zero-order chi connectivity index (χ0) is 34.8. The van der Waals surface area contributed by atoms with Gasteiger partial charge in [-0.15, -0.1) is 0 Å². The molecule has 2 aliphatic heterocycles. The van der Waals surface area contributed by atoms with Crippen LogP contribution in [-0.4, -0.2) is 106 Å². The first-order valence-corrected chi connectivity index (χ1v) is 15.9. The second kappa shape index (κ2) is 16.6. The Bertz CT molecular complexity index is 1520. The molecule has 17 heteroatoms. The third kappa shape index (κ3) is 9.90. The van der Waals surface area contributed by atoms with Crippen LogP contribution in [0.3, 0.4) is 0 Å². The fourth-order valence-electron chi connectivity index (χ4n) is 5.73. The third-order valence-electron chi connectivity index (χ3n) is 8.34. The molecule has 0 bridgehead atoms. The van der Waals surface area contributed by atoms with Gasteiger partial charge in [-0.25, -0.2) is 4.79 Å². The molecule has 4 unspecified atom stereocenters. The van der Waals surface area contributed by atoms with Gasteiger partial charge in [0.25, 0.3) is 5.91 Å². The molecule has 5 atom stereocenters. The number of urea groups is 1. The van der Waals surface area contributed by atoms with E-state index in [0.29, 0.717) is 18.4 Å². The summed E-state index contributed by atoms with van der Waals surface area (Å²) in [4.78, 5) is 92.8. The zero-order valence-electron chi connectivity index (χ0n) is 26.4. The first-order valence-electron chi connectivity index (χ1n) is 15.9. The molecule has 260 valence electrons. The summed E-state index contributed by atoms with van der Waals surface area (Å²) in [6.07, 6.45) is 2.27. The summed E-state index contributed by atoms with van der Waals surface area (Å²) in [6.45, 7) is 0.525. The summed E-state index contributed by atoms with van der Waals surface area (Å²) in [6, 6.07) is 2.13. The van der Waals surface area contributed by atoms with Crippen LogP contribution < -0.4 is 32.7 Å². The van der Waals surface area contributed by atoms with Gasteiger partial charge in [0.1, 0.15) is 24.2 Å². The summed E-state index contributed by atoms with van der Waals surface area (Å²) < 4.78 is 4.99.